The number of carbonyl (C=O) groups is 1. The van der Waals surface area contributed by atoms with Crippen molar-refractivity contribution in [3.63, 3.8) is 0 Å². The van der Waals surface area contributed by atoms with Crippen LogP contribution in [0, 0.1) is 5.92 Å². The topological polar surface area (TPSA) is 42.0 Å². The van der Waals surface area contributed by atoms with Gasteiger partial charge in [0.25, 0.3) is 0 Å². The van der Waals surface area contributed by atoms with Crippen LogP contribution in [0.4, 0.5) is 0 Å². The lowest BCUT2D eigenvalue weighted by Gasteiger charge is -2.45. The van der Waals surface area contributed by atoms with Gasteiger partial charge in [-0.05, 0) is 43.4 Å². The standard InChI is InChI=1S/C20H28N2O3/c1-24-19-6-2-15(3-7-19)14-22(17-4-5-17)20(23)16-12-18(13-16)21-8-10-25-11-9-21/h2-3,6-7,16-18H,4-5,8-14H2,1H3. The van der Waals surface area contributed by atoms with Crippen molar-refractivity contribution >= 4 is 5.91 Å². The lowest BCUT2D eigenvalue weighted by molar-refractivity contribution is -0.142. The van der Waals surface area contributed by atoms with Crippen LogP contribution in [-0.4, -0.2) is 61.2 Å². The number of rotatable bonds is 6. The third-order valence-electron chi connectivity index (χ3n) is 5.81. The highest BCUT2D eigenvalue weighted by atomic mass is 16.5. The van der Waals surface area contributed by atoms with Crippen LogP contribution in [0.15, 0.2) is 24.3 Å². The molecule has 3 aliphatic rings. The molecule has 0 unspecified atom stereocenters. The zero-order chi connectivity index (χ0) is 17.2. The van der Waals surface area contributed by atoms with E-state index in [1.165, 1.54) is 5.56 Å². The maximum Gasteiger partial charge on any atom is 0.226 e. The van der Waals surface area contributed by atoms with Gasteiger partial charge in [0.15, 0.2) is 0 Å². The van der Waals surface area contributed by atoms with Crippen LogP contribution in [0.1, 0.15) is 31.2 Å². The molecular formula is C20H28N2O3. The third-order valence-corrected chi connectivity index (χ3v) is 5.81. The summed E-state index contributed by atoms with van der Waals surface area (Å²) in [7, 11) is 1.68. The van der Waals surface area contributed by atoms with Crippen molar-refractivity contribution in [2.24, 2.45) is 5.92 Å². The van der Waals surface area contributed by atoms with Gasteiger partial charge < -0.3 is 14.4 Å². The first kappa shape index (κ1) is 16.9. The Hall–Kier alpha value is -1.59. The number of benzene rings is 1. The Labute approximate surface area is 149 Å². The number of carbonyl (C=O) groups excluding carboxylic acids is 1. The molecule has 4 rings (SSSR count). The molecule has 3 fully saturated rings. The number of nitrogens with zero attached hydrogens (tertiary/aromatic N) is 2. The lowest BCUT2D eigenvalue weighted by atomic mass is 9.78. The van der Waals surface area contributed by atoms with E-state index in [1.807, 2.05) is 12.1 Å². The van der Waals surface area contributed by atoms with E-state index in [0.29, 0.717) is 18.0 Å². The number of hydrogen-bond donors (Lipinski definition) is 0. The number of hydrogen-bond acceptors (Lipinski definition) is 4. The smallest absolute Gasteiger partial charge is 0.226 e. The molecule has 1 aromatic carbocycles. The minimum Gasteiger partial charge on any atom is -0.497 e. The van der Waals surface area contributed by atoms with E-state index >= 15 is 0 Å². The monoisotopic (exact) mass is 344 g/mol. The molecule has 1 heterocycles. The molecular weight excluding hydrogens is 316 g/mol. The van der Waals surface area contributed by atoms with E-state index in [1.54, 1.807) is 7.11 Å². The summed E-state index contributed by atoms with van der Waals surface area (Å²) in [5.41, 5.74) is 1.19. The molecule has 0 N–H and O–H groups in total. The fourth-order valence-electron chi connectivity index (χ4n) is 3.97. The molecule has 1 aliphatic heterocycles. The molecule has 2 aliphatic carbocycles. The van der Waals surface area contributed by atoms with Gasteiger partial charge in [0.1, 0.15) is 5.75 Å². The Bertz CT molecular complexity index is 587. The van der Waals surface area contributed by atoms with Crippen LogP contribution < -0.4 is 4.74 Å². The molecule has 1 amide bonds. The zero-order valence-electron chi connectivity index (χ0n) is 15.0. The number of methoxy groups -OCH3 is 1. The Morgan fingerprint density at radius 1 is 1.20 bits per heavy atom. The van der Waals surface area contributed by atoms with Gasteiger partial charge in [-0.1, -0.05) is 12.1 Å². The second-order valence-electron chi connectivity index (χ2n) is 7.52. The summed E-state index contributed by atoms with van der Waals surface area (Å²) in [6.07, 6.45) is 4.35. The average molecular weight is 344 g/mol. The normalized spacial score (nSPS) is 26.8. The van der Waals surface area contributed by atoms with Crippen LogP contribution in [-0.2, 0) is 16.1 Å². The molecule has 5 nitrogen and oxygen atoms in total. The second-order valence-corrected chi connectivity index (χ2v) is 7.52. The first-order valence-corrected chi connectivity index (χ1v) is 9.50. The van der Waals surface area contributed by atoms with Crippen molar-refractivity contribution in [1.82, 2.24) is 9.80 Å². The summed E-state index contributed by atoms with van der Waals surface area (Å²) in [4.78, 5) is 17.6. The van der Waals surface area contributed by atoms with Crippen LogP contribution in [0.2, 0.25) is 0 Å². The van der Waals surface area contributed by atoms with E-state index < -0.39 is 0 Å². The van der Waals surface area contributed by atoms with Crippen LogP contribution in [0.3, 0.4) is 0 Å². The predicted octanol–water partition coefficient (Wildman–Crippen LogP) is 2.30. The largest absolute Gasteiger partial charge is 0.497 e. The minimum absolute atomic E-state index is 0.215. The van der Waals surface area contributed by atoms with Gasteiger partial charge in [-0.25, -0.2) is 0 Å². The van der Waals surface area contributed by atoms with Gasteiger partial charge in [-0.2, -0.15) is 0 Å². The summed E-state index contributed by atoms with van der Waals surface area (Å²) < 4.78 is 10.6. The molecule has 25 heavy (non-hydrogen) atoms. The van der Waals surface area contributed by atoms with E-state index in [4.69, 9.17) is 9.47 Å². The van der Waals surface area contributed by atoms with E-state index in [9.17, 15) is 4.79 Å². The van der Waals surface area contributed by atoms with Crippen molar-refractivity contribution < 1.29 is 14.3 Å². The Kier molecular flexibility index (Phi) is 4.95. The molecule has 0 aromatic heterocycles. The molecule has 0 atom stereocenters. The van der Waals surface area contributed by atoms with Crippen molar-refractivity contribution in [3.8, 4) is 5.75 Å². The summed E-state index contributed by atoms with van der Waals surface area (Å²) >= 11 is 0. The first-order valence-electron chi connectivity index (χ1n) is 9.50. The zero-order valence-corrected chi connectivity index (χ0v) is 15.0. The SMILES string of the molecule is COc1ccc(CN(C(=O)C2CC(N3CCOCC3)C2)C2CC2)cc1. The van der Waals surface area contributed by atoms with Gasteiger partial charge in [-0.3, -0.25) is 9.69 Å². The fourth-order valence-corrected chi connectivity index (χ4v) is 3.97. The Morgan fingerprint density at radius 2 is 1.88 bits per heavy atom. The van der Waals surface area contributed by atoms with Gasteiger partial charge in [0.2, 0.25) is 5.91 Å². The highest BCUT2D eigenvalue weighted by molar-refractivity contribution is 5.80. The molecule has 0 radical (unpaired) electrons. The average Bonchev–Trinajstić information content (AvgIpc) is 3.44. The van der Waals surface area contributed by atoms with Gasteiger partial charge in [-0.15, -0.1) is 0 Å². The van der Waals surface area contributed by atoms with E-state index in [2.05, 4.69) is 21.9 Å². The van der Waals surface area contributed by atoms with Crippen molar-refractivity contribution in [1.29, 1.82) is 0 Å². The van der Waals surface area contributed by atoms with Gasteiger partial charge in [0, 0.05) is 37.6 Å². The predicted molar refractivity (Wildman–Crippen MR) is 95.5 cm³/mol. The van der Waals surface area contributed by atoms with Crippen LogP contribution in [0.25, 0.3) is 0 Å². The number of amides is 1. The quantitative estimate of drug-likeness (QED) is 0.794. The van der Waals surface area contributed by atoms with Crippen LogP contribution >= 0.6 is 0 Å². The molecule has 1 aromatic rings. The summed E-state index contributed by atoms with van der Waals surface area (Å²) in [5, 5.41) is 0. The molecule has 1 saturated heterocycles. The van der Waals surface area contributed by atoms with Crippen molar-refractivity contribution in [2.45, 2.75) is 44.3 Å². The van der Waals surface area contributed by atoms with Crippen LogP contribution in [0.5, 0.6) is 5.75 Å². The number of ether oxygens (including phenoxy) is 2. The van der Waals surface area contributed by atoms with Crippen molar-refractivity contribution in [3.05, 3.63) is 29.8 Å². The van der Waals surface area contributed by atoms with E-state index in [-0.39, 0.29) is 5.92 Å². The van der Waals surface area contributed by atoms with Gasteiger partial charge >= 0.3 is 0 Å². The molecule has 2 saturated carbocycles. The maximum absolute atomic E-state index is 13.0. The molecule has 0 bridgehead atoms. The molecule has 5 heteroatoms. The Morgan fingerprint density at radius 3 is 2.48 bits per heavy atom. The first-order chi connectivity index (χ1) is 12.2. The highest BCUT2D eigenvalue weighted by Crippen LogP contribution is 2.37. The minimum atomic E-state index is 0.215. The second kappa shape index (κ2) is 7.34. The summed E-state index contributed by atoms with van der Waals surface area (Å²) in [6.45, 7) is 4.43. The number of morpholine rings is 1. The van der Waals surface area contributed by atoms with Crippen molar-refractivity contribution in [2.75, 3.05) is 33.4 Å². The Balaban J connectivity index is 1.34. The summed E-state index contributed by atoms with van der Waals surface area (Å²) in [6, 6.07) is 9.13. The fraction of sp³-hybridized carbons (Fsp3) is 0.650. The van der Waals surface area contributed by atoms with Gasteiger partial charge in [0.05, 0.1) is 20.3 Å². The molecule has 136 valence electrons. The lowest BCUT2D eigenvalue weighted by Crippen LogP contribution is -2.53. The summed E-state index contributed by atoms with van der Waals surface area (Å²) in [5.74, 6) is 1.44. The highest BCUT2D eigenvalue weighted by Gasteiger charge is 2.43. The van der Waals surface area contributed by atoms with E-state index in [0.717, 1.165) is 64.3 Å². The third kappa shape index (κ3) is 3.82. The maximum atomic E-state index is 13.0. The molecule has 0 spiro atoms.